The highest BCUT2D eigenvalue weighted by Gasteiger charge is 2.43. The monoisotopic (exact) mass is 428 g/mol. The molecule has 164 valence electrons. The fourth-order valence-electron chi connectivity index (χ4n) is 4.26. The fourth-order valence-corrected chi connectivity index (χ4v) is 4.26. The van der Waals surface area contributed by atoms with Crippen LogP contribution < -0.4 is 10.1 Å². The van der Waals surface area contributed by atoms with E-state index in [0.717, 1.165) is 11.1 Å². The van der Waals surface area contributed by atoms with E-state index in [0.29, 0.717) is 30.0 Å². The van der Waals surface area contributed by atoms with Crippen molar-refractivity contribution in [1.29, 1.82) is 0 Å². The van der Waals surface area contributed by atoms with E-state index >= 15 is 0 Å². The molecular formula is C27H28N2O3. The molecule has 1 atom stereocenters. The molecule has 0 radical (unpaired) electrons. The molecule has 1 heterocycles. The van der Waals surface area contributed by atoms with Crippen LogP contribution in [-0.2, 0) is 16.8 Å². The summed E-state index contributed by atoms with van der Waals surface area (Å²) in [6.07, 6.45) is 0. The molecule has 0 saturated heterocycles. The SMILES string of the molecule is COc1ccc2c(c1)C(=O)N(CC(C)(C)c1ccccc1)C2C(=O)NCc1ccccc1. The van der Waals surface area contributed by atoms with Gasteiger partial charge < -0.3 is 15.0 Å². The summed E-state index contributed by atoms with van der Waals surface area (Å²) >= 11 is 0. The van der Waals surface area contributed by atoms with Crippen LogP contribution in [0.25, 0.3) is 0 Å². The largest absolute Gasteiger partial charge is 0.497 e. The molecular weight excluding hydrogens is 400 g/mol. The molecule has 2 amide bonds. The van der Waals surface area contributed by atoms with E-state index in [1.54, 1.807) is 24.1 Å². The van der Waals surface area contributed by atoms with Gasteiger partial charge in [0.05, 0.1) is 7.11 Å². The molecule has 3 aromatic carbocycles. The fraction of sp³-hybridized carbons (Fsp3) is 0.259. The molecule has 5 heteroatoms. The van der Waals surface area contributed by atoms with Crippen molar-refractivity contribution in [2.75, 3.05) is 13.7 Å². The maximum Gasteiger partial charge on any atom is 0.255 e. The van der Waals surface area contributed by atoms with Crippen molar-refractivity contribution >= 4 is 11.8 Å². The highest BCUT2D eigenvalue weighted by molar-refractivity contribution is 6.05. The molecule has 4 rings (SSSR count). The first kappa shape index (κ1) is 21.6. The van der Waals surface area contributed by atoms with Crippen LogP contribution in [-0.4, -0.2) is 30.4 Å². The van der Waals surface area contributed by atoms with Crippen LogP contribution in [0.3, 0.4) is 0 Å². The Bertz CT molecular complexity index is 1110. The Morgan fingerprint density at radius 1 is 1.00 bits per heavy atom. The number of nitrogens with zero attached hydrogens (tertiary/aromatic N) is 1. The predicted molar refractivity (Wildman–Crippen MR) is 125 cm³/mol. The summed E-state index contributed by atoms with van der Waals surface area (Å²) in [6, 6.07) is 24.5. The summed E-state index contributed by atoms with van der Waals surface area (Å²) in [5.74, 6) is 0.266. The zero-order valence-corrected chi connectivity index (χ0v) is 18.7. The number of hydrogen-bond acceptors (Lipinski definition) is 3. The second-order valence-corrected chi connectivity index (χ2v) is 8.74. The average molecular weight is 429 g/mol. The number of benzene rings is 3. The summed E-state index contributed by atoms with van der Waals surface area (Å²) in [4.78, 5) is 28.5. The summed E-state index contributed by atoms with van der Waals surface area (Å²) < 4.78 is 5.32. The smallest absolute Gasteiger partial charge is 0.255 e. The Morgan fingerprint density at radius 3 is 2.31 bits per heavy atom. The Hall–Kier alpha value is -3.60. The van der Waals surface area contributed by atoms with Crippen LogP contribution in [0.2, 0.25) is 0 Å². The van der Waals surface area contributed by atoms with Gasteiger partial charge in [-0.05, 0) is 28.8 Å². The van der Waals surface area contributed by atoms with Crippen molar-refractivity contribution in [2.45, 2.75) is 31.8 Å². The maximum absolute atomic E-state index is 13.5. The van der Waals surface area contributed by atoms with E-state index in [1.165, 1.54) is 0 Å². The molecule has 3 aromatic rings. The number of amides is 2. The van der Waals surface area contributed by atoms with E-state index < -0.39 is 6.04 Å². The molecule has 32 heavy (non-hydrogen) atoms. The van der Waals surface area contributed by atoms with Gasteiger partial charge >= 0.3 is 0 Å². The average Bonchev–Trinajstić information content (AvgIpc) is 3.09. The Kier molecular flexibility index (Phi) is 5.99. The number of hydrogen-bond donors (Lipinski definition) is 1. The predicted octanol–water partition coefficient (Wildman–Crippen LogP) is 4.49. The Labute approximate surface area is 189 Å². The van der Waals surface area contributed by atoms with Crippen molar-refractivity contribution in [3.8, 4) is 5.75 Å². The second kappa shape index (κ2) is 8.87. The van der Waals surface area contributed by atoms with Crippen LogP contribution in [0, 0.1) is 0 Å². The number of carbonyl (C=O) groups is 2. The van der Waals surface area contributed by atoms with Gasteiger partial charge in [0.2, 0.25) is 5.91 Å². The lowest BCUT2D eigenvalue weighted by atomic mass is 9.84. The van der Waals surface area contributed by atoms with Crippen molar-refractivity contribution in [1.82, 2.24) is 10.2 Å². The van der Waals surface area contributed by atoms with Gasteiger partial charge in [-0.2, -0.15) is 0 Å². The third-order valence-corrected chi connectivity index (χ3v) is 6.04. The lowest BCUT2D eigenvalue weighted by molar-refractivity contribution is -0.125. The van der Waals surface area contributed by atoms with Gasteiger partial charge in [0.15, 0.2) is 0 Å². The van der Waals surface area contributed by atoms with E-state index in [4.69, 9.17) is 4.74 Å². The highest BCUT2D eigenvalue weighted by Crippen LogP contribution is 2.38. The Morgan fingerprint density at radius 2 is 1.66 bits per heavy atom. The standard InChI is InChI=1S/C27H28N2O3/c1-27(2,20-12-8-5-9-13-20)18-29-24(25(30)28-17-19-10-6-4-7-11-19)22-15-14-21(32-3)16-23(22)26(29)31/h4-16,24H,17-18H2,1-3H3,(H,28,30). The number of methoxy groups -OCH3 is 1. The molecule has 0 fully saturated rings. The van der Waals surface area contributed by atoms with Crippen molar-refractivity contribution < 1.29 is 14.3 Å². The molecule has 0 spiro atoms. The third kappa shape index (κ3) is 4.24. The zero-order valence-electron chi connectivity index (χ0n) is 18.7. The third-order valence-electron chi connectivity index (χ3n) is 6.04. The Balaban J connectivity index is 1.65. The van der Waals surface area contributed by atoms with Crippen LogP contribution >= 0.6 is 0 Å². The number of ether oxygens (including phenoxy) is 1. The molecule has 5 nitrogen and oxygen atoms in total. The topological polar surface area (TPSA) is 58.6 Å². The van der Waals surface area contributed by atoms with Crippen molar-refractivity contribution in [3.63, 3.8) is 0 Å². The van der Waals surface area contributed by atoms with Gasteiger partial charge in [-0.15, -0.1) is 0 Å². The summed E-state index contributed by atoms with van der Waals surface area (Å²) in [6.45, 7) is 5.01. The lowest BCUT2D eigenvalue weighted by Crippen LogP contribution is -2.44. The van der Waals surface area contributed by atoms with Gasteiger partial charge in [-0.25, -0.2) is 0 Å². The molecule has 0 saturated carbocycles. The summed E-state index contributed by atoms with van der Waals surface area (Å²) in [5.41, 5.74) is 3.03. The van der Waals surface area contributed by atoms with E-state index in [-0.39, 0.29) is 17.2 Å². The van der Waals surface area contributed by atoms with Crippen LogP contribution in [0.4, 0.5) is 0 Å². The quantitative estimate of drug-likeness (QED) is 0.603. The molecule has 0 aliphatic carbocycles. The van der Waals surface area contributed by atoms with Gasteiger partial charge in [0.1, 0.15) is 11.8 Å². The van der Waals surface area contributed by atoms with Gasteiger partial charge in [0, 0.05) is 24.1 Å². The minimum absolute atomic E-state index is 0.150. The zero-order chi connectivity index (χ0) is 22.7. The first-order valence-electron chi connectivity index (χ1n) is 10.8. The number of rotatable bonds is 7. The number of carbonyl (C=O) groups excluding carboxylic acids is 2. The van der Waals surface area contributed by atoms with Crippen LogP contribution in [0.15, 0.2) is 78.9 Å². The number of nitrogens with one attached hydrogen (secondary N) is 1. The summed E-state index contributed by atoms with van der Waals surface area (Å²) in [7, 11) is 1.57. The molecule has 1 aliphatic heterocycles. The van der Waals surface area contributed by atoms with Gasteiger partial charge in [-0.3, -0.25) is 9.59 Å². The lowest BCUT2D eigenvalue weighted by Gasteiger charge is -2.34. The van der Waals surface area contributed by atoms with Crippen LogP contribution in [0.1, 0.15) is 46.9 Å². The molecule has 0 aromatic heterocycles. The highest BCUT2D eigenvalue weighted by atomic mass is 16.5. The van der Waals surface area contributed by atoms with E-state index in [2.05, 4.69) is 31.3 Å². The second-order valence-electron chi connectivity index (χ2n) is 8.74. The molecule has 1 unspecified atom stereocenters. The first-order chi connectivity index (χ1) is 15.4. The van der Waals surface area contributed by atoms with Crippen molar-refractivity contribution in [2.24, 2.45) is 0 Å². The first-order valence-corrected chi connectivity index (χ1v) is 10.8. The summed E-state index contributed by atoms with van der Waals surface area (Å²) in [5, 5.41) is 3.02. The van der Waals surface area contributed by atoms with E-state index in [9.17, 15) is 9.59 Å². The van der Waals surface area contributed by atoms with E-state index in [1.807, 2.05) is 54.6 Å². The van der Waals surface area contributed by atoms with Gasteiger partial charge in [0.25, 0.3) is 5.91 Å². The minimum atomic E-state index is -0.685. The minimum Gasteiger partial charge on any atom is -0.497 e. The van der Waals surface area contributed by atoms with Gasteiger partial charge in [-0.1, -0.05) is 80.6 Å². The van der Waals surface area contributed by atoms with Crippen LogP contribution in [0.5, 0.6) is 5.75 Å². The normalized spacial score (nSPS) is 15.4. The maximum atomic E-state index is 13.5. The number of fused-ring (bicyclic) bond motifs is 1. The van der Waals surface area contributed by atoms with Crippen molar-refractivity contribution in [3.05, 3.63) is 101 Å². The molecule has 1 N–H and O–H groups in total. The molecule has 1 aliphatic rings. The molecule has 0 bridgehead atoms.